The quantitative estimate of drug-likeness (QED) is 0.392. The Hall–Kier alpha value is -4.63. The van der Waals surface area contributed by atoms with E-state index in [1.807, 2.05) is 41.3 Å². The minimum atomic E-state index is -0.187. The van der Waals surface area contributed by atoms with E-state index in [9.17, 15) is 9.59 Å². The summed E-state index contributed by atoms with van der Waals surface area (Å²) in [5, 5.41) is 8.97. The summed E-state index contributed by atoms with van der Waals surface area (Å²) >= 11 is 0. The third-order valence-electron chi connectivity index (χ3n) is 6.75. The molecule has 1 saturated heterocycles. The van der Waals surface area contributed by atoms with Gasteiger partial charge < -0.3 is 14.8 Å². The van der Waals surface area contributed by atoms with Crippen LogP contribution in [0.15, 0.2) is 96.3 Å². The van der Waals surface area contributed by atoms with Crippen LogP contribution in [0.5, 0.6) is 0 Å². The van der Waals surface area contributed by atoms with E-state index in [1.165, 1.54) is 10.6 Å². The van der Waals surface area contributed by atoms with Crippen LogP contribution in [0, 0.1) is 0 Å². The van der Waals surface area contributed by atoms with E-state index in [1.54, 1.807) is 48.6 Å². The van der Waals surface area contributed by atoms with E-state index in [-0.39, 0.29) is 23.6 Å². The zero-order chi connectivity index (χ0) is 25.4. The predicted octanol–water partition coefficient (Wildman–Crippen LogP) is 3.15. The zero-order valence-electron chi connectivity index (χ0n) is 20.2. The molecule has 6 rings (SSSR count). The number of pyridine rings is 1. The van der Waals surface area contributed by atoms with Crippen molar-refractivity contribution in [3.8, 4) is 5.69 Å². The van der Waals surface area contributed by atoms with E-state index in [0.29, 0.717) is 18.8 Å². The molecule has 0 saturated carbocycles. The van der Waals surface area contributed by atoms with Gasteiger partial charge >= 0.3 is 0 Å². The molecule has 37 heavy (non-hydrogen) atoms. The van der Waals surface area contributed by atoms with Crippen LogP contribution in [-0.2, 0) is 18.4 Å². The molecular formula is C28H25N7O2. The van der Waals surface area contributed by atoms with Crippen LogP contribution in [0.1, 0.15) is 23.9 Å². The van der Waals surface area contributed by atoms with Crippen LogP contribution in [0.4, 0.5) is 5.69 Å². The van der Waals surface area contributed by atoms with Crippen molar-refractivity contribution in [2.75, 3.05) is 4.90 Å². The first kappa shape index (κ1) is 22.8. The van der Waals surface area contributed by atoms with Gasteiger partial charge in [0, 0.05) is 55.2 Å². The first-order chi connectivity index (χ1) is 18.1. The molecule has 2 atom stereocenters. The van der Waals surface area contributed by atoms with E-state index in [0.717, 1.165) is 27.8 Å². The lowest BCUT2D eigenvalue weighted by Crippen LogP contribution is -2.36. The fraction of sp³-hybridized carbons (Fsp3) is 0.179. The number of hydrogen-bond donors (Lipinski definition) is 1. The van der Waals surface area contributed by atoms with E-state index >= 15 is 0 Å². The van der Waals surface area contributed by atoms with Crippen LogP contribution < -0.4 is 15.8 Å². The average Bonchev–Trinajstić information content (AvgIpc) is 3.50. The number of carbonyl (C=O) groups excluding carboxylic acids is 1. The Morgan fingerprint density at radius 3 is 2.51 bits per heavy atom. The van der Waals surface area contributed by atoms with E-state index < -0.39 is 0 Å². The molecule has 9 nitrogen and oxygen atoms in total. The predicted molar refractivity (Wildman–Crippen MR) is 140 cm³/mol. The number of nitrogens with one attached hydrogen (secondary N) is 1. The number of benzene rings is 2. The van der Waals surface area contributed by atoms with Crippen LogP contribution in [0.25, 0.3) is 16.6 Å². The number of fused-ring (bicyclic) bond motifs is 1. The smallest absolute Gasteiger partial charge is 0.250 e. The molecule has 0 aliphatic carbocycles. The Bertz CT molecular complexity index is 1630. The van der Waals surface area contributed by atoms with Crippen molar-refractivity contribution in [1.29, 1.82) is 0 Å². The highest BCUT2D eigenvalue weighted by molar-refractivity contribution is 5.99. The summed E-state index contributed by atoms with van der Waals surface area (Å²) in [7, 11) is 1.71. The van der Waals surface area contributed by atoms with Gasteiger partial charge in [0.1, 0.15) is 5.82 Å². The number of anilines is 1. The maximum absolute atomic E-state index is 13.4. The van der Waals surface area contributed by atoms with Crippen molar-refractivity contribution < 1.29 is 4.79 Å². The Morgan fingerprint density at radius 2 is 1.73 bits per heavy atom. The second kappa shape index (κ2) is 9.44. The number of aromatic nitrogens is 5. The Balaban J connectivity index is 1.35. The SMILES string of the molecule is Cn1cc(-n2ncc3cc(N4C(=O)C[C@H](NCc5ncccn5)[C@H]4c4ccccc4)ccc32)ccc1=O. The highest BCUT2D eigenvalue weighted by Gasteiger charge is 2.41. The Labute approximate surface area is 213 Å². The van der Waals surface area contributed by atoms with Gasteiger partial charge in [-0.25, -0.2) is 14.6 Å². The van der Waals surface area contributed by atoms with Gasteiger partial charge in [-0.2, -0.15) is 5.10 Å². The fourth-order valence-corrected chi connectivity index (χ4v) is 4.98. The molecule has 0 bridgehead atoms. The van der Waals surface area contributed by atoms with Gasteiger partial charge in [0.25, 0.3) is 0 Å². The summed E-state index contributed by atoms with van der Waals surface area (Å²) in [6.45, 7) is 0.474. The van der Waals surface area contributed by atoms with Crippen molar-refractivity contribution >= 4 is 22.5 Å². The number of nitrogens with zero attached hydrogens (tertiary/aromatic N) is 6. The molecule has 1 aliphatic heterocycles. The third-order valence-corrected chi connectivity index (χ3v) is 6.75. The number of carbonyl (C=O) groups is 1. The van der Waals surface area contributed by atoms with Crippen molar-refractivity contribution in [1.82, 2.24) is 29.6 Å². The van der Waals surface area contributed by atoms with Crippen molar-refractivity contribution in [3.63, 3.8) is 0 Å². The molecule has 2 aromatic carbocycles. The van der Waals surface area contributed by atoms with Crippen LogP contribution in [-0.4, -0.2) is 36.3 Å². The molecule has 5 aromatic rings. The first-order valence-corrected chi connectivity index (χ1v) is 12.1. The average molecular weight is 492 g/mol. The summed E-state index contributed by atoms with van der Waals surface area (Å²) in [6, 6.07) is 20.8. The van der Waals surface area contributed by atoms with Gasteiger partial charge in [-0.1, -0.05) is 30.3 Å². The highest BCUT2D eigenvalue weighted by atomic mass is 16.2. The molecule has 9 heteroatoms. The number of hydrogen-bond acceptors (Lipinski definition) is 6. The maximum atomic E-state index is 13.4. The molecule has 1 aliphatic rings. The summed E-state index contributed by atoms with van der Waals surface area (Å²) in [5.41, 5.74) is 3.47. The van der Waals surface area contributed by atoms with Gasteiger partial charge in [-0.05, 0) is 35.9 Å². The van der Waals surface area contributed by atoms with Gasteiger partial charge in [0.15, 0.2) is 0 Å². The third kappa shape index (κ3) is 4.30. The Kier molecular flexibility index (Phi) is 5.82. The van der Waals surface area contributed by atoms with Crippen LogP contribution in [0.2, 0.25) is 0 Å². The minimum absolute atomic E-state index is 0.0464. The van der Waals surface area contributed by atoms with Crippen LogP contribution in [0.3, 0.4) is 0 Å². The largest absolute Gasteiger partial charge is 0.316 e. The number of aryl methyl sites for hydroxylation is 1. The standard InChI is InChI=1S/C28H25N7O2/c1-33-18-22(9-11-26(33)36)35-24-10-8-21(14-20(24)16-32-35)34-27(37)15-23(28(34)19-6-3-2-4-7-19)31-17-25-29-12-5-13-30-25/h2-14,16,18,23,28,31H,15,17H2,1H3/t23-,28+/m0/s1. The van der Waals surface area contributed by atoms with Crippen LogP contribution >= 0.6 is 0 Å². The fourth-order valence-electron chi connectivity index (χ4n) is 4.98. The Morgan fingerprint density at radius 1 is 0.946 bits per heavy atom. The topological polar surface area (TPSA) is 97.9 Å². The lowest BCUT2D eigenvalue weighted by atomic mass is 9.99. The molecule has 3 aromatic heterocycles. The van der Waals surface area contributed by atoms with E-state index in [2.05, 4.69) is 32.5 Å². The van der Waals surface area contributed by atoms with Crippen molar-refractivity contribution in [2.24, 2.45) is 7.05 Å². The van der Waals surface area contributed by atoms with Gasteiger partial charge in [0.05, 0.1) is 30.0 Å². The zero-order valence-corrected chi connectivity index (χ0v) is 20.2. The van der Waals surface area contributed by atoms with Crippen molar-refractivity contribution in [3.05, 3.63) is 113 Å². The lowest BCUT2D eigenvalue weighted by Gasteiger charge is -2.29. The number of amides is 1. The molecule has 4 heterocycles. The number of rotatable bonds is 6. The second-order valence-electron chi connectivity index (χ2n) is 9.11. The van der Waals surface area contributed by atoms with Gasteiger partial charge in [0.2, 0.25) is 11.5 Å². The minimum Gasteiger partial charge on any atom is -0.316 e. The molecule has 0 spiro atoms. The molecular weight excluding hydrogens is 466 g/mol. The van der Waals surface area contributed by atoms with Gasteiger partial charge in [-0.15, -0.1) is 0 Å². The van der Waals surface area contributed by atoms with E-state index in [4.69, 9.17) is 0 Å². The summed E-state index contributed by atoms with van der Waals surface area (Å²) in [4.78, 5) is 35.7. The van der Waals surface area contributed by atoms with Crippen molar-refractivity contribution in [2.45, 2.75) is 25.0 Å². The molecule has 0 unspecified atom stereocenters. The first-order valence-electron chi connectivity index (χ1n) is 12.1. The summed E-state index contributed by atoms with van der Waals surface area (Å²) in [5.74, 6) is 0.734. The van der Waals surface area contributed by atoms with Gasteiger partial charge in [-0.3, -0.25) is 9.59 Å². The molecule has 1 N–H and O–H groups in total. The summed E-state index contributed by atoms with van der Waals surface area (Å²) in [6.07, 6.45) is 7.33. The molecule has 184 valence electrons. The highest BCUT2D eigenvalue weighted by Crippen LogP contribution is 2.38. The molecule has 1 amide bonds. The second-order valence-corrected chi connectivity index (χ2v) is 9.11. The monoisotopic (exact) mass is 491 g/mol. The normalized spacial score (nSPS) is 17.5. The maximum Gasteiger partial charge on any atom is 0.250 e. The lowest BCUT2D eigenvalue weighted by molar-refractivity contribution is -0.117. The summed E-state index contributed by atoms with van der Waals surface area (Å²) < 4.78 is 3.32. The molecule has 0 radical (unpaired) electrons. The molecule has 1 fully saturated rings.